The monoisotopic (exact) mass is 839 g/mol. The lowest BCUT2D eigenvalue weighted by molar-refractivity contribution is 0.472. The summed E-state index contributed by atoms with van der Waals surface area (Å²) in [7, 11) is -15.5. The summed E-state index contributed by atoms with van der Waals surface area (Å²) in [5.41, 5.74) is -1.74. The summed E-state index contributed by atoms with van der Waals surface area (Å²) in [5, 5.41) is 23.0. The lowest BCUT2D eigenvalue weighted by Gasteiger charge is -2.15. The number of benzene rings is 5. The molecule has 0 saturated heterocycles. The van der Waals surface area contributed by atoms with Gasteiger partial charge in [0, 0.05) is 26.9 Å². The summed E-state index contributed by atoms with van der Waals surface area (Å²) >= 11 is 3.14. The lowest BCUT2D eigenvalue weighted by Crippen LogP contribution is -2.07. The van der Waals surface area contributed by atoms with Crippen LogP contribution in [0.4, 0.5) is 39.0 Å². The van der Waals surface area contributed by atoms with Crippen molar-refractivity contribution < 1.29 is 57.2 Å². The van der Waals surface area contributed by atoms with E-state index in [4.69, 9.17) is 11.6 Å². The second kappa shape index (κ2) is 14.2. The molecule has 0 fully saturated rings. The van der Waals surface area contributed by atoms with Gasteiger partial charge in [0.05, 0.1) is 10.6 Å². The predicted molar refractivity (Wildman–Crippen MR) is 190 cm³/mol. The zero-order valence-corrected chi connectivity index (χ0v) is 30.2. The molecule has 280 valence electrons. The van der Waals surface area contributed by atoms with E-state index >= 15 is 0 Å². The summed E-state index contributed by atoms with van der Waals surface area (Å²) in [6, 6.07) is 13.6. The van der Waals surface area contributed by atoms with Crippen LogP contribution in [0.15, 0.2) is 103 Å². The van der Waals surface area contributed by atoms with Crippen molar-refractivity contribution in [3.05, 3.63) is 83.9 Å². The highest BCUT2D eigenvalue weighted by molar-refractivity contribution is 7.86. The smallest absolute Gasteiger partial charge is 0.315 e. The third-order valence-electron chi connectivity index (χ3n) is 7.30. The van der Waals surface area contributed by atoms with E-state index in [1.54, 1.807) is 0 Å². The fourth-order valence-electron chi connectivity index (χ4n) is 5.17. The van der Waals surface area contributed by atoms with Crippen molar-refractivity contribution in [2.45, 2.75) is 19.6 Å². The average Bonchev–Trinajstić information content (AvgIpc) is 3.06. The Bertz CT molecular complexity index is 2940. The number of nitrogens with one attached hydrogen (secondary N) is 2. The number of phenols is 1. The molecule has 25 heteroatoms. The molecule has 0 radical (unpaired) electrons. The molecule has 0 amide bonds. The molecule has 0 bridgehead atoms. The standard InChI is InChI=1S/C29H19ClFN7O12S4/c30-14-4-6-15(7-5-14)32-28-34-27(31)35-29(36-28)33-20-12-16(51(40)41)10-13-11-22(53(45,46)47)24(25(39)23(13)20)38-37-19-9-8-17-18(26(19)54(48,49)50)2-1-3-21(17)52(42,43)44/h1-12,39H,(H,40,41)(H,42,43,44)(H,45,46,47)(H,48,49,50)(H2,32,33,34,35,36). The number of hydrogen-bond acceptors (Lipinski definition) is 15. The highest BCUT2D eigenvalue weighted by atomic mass is 35.5. The minimum atomic E-state index is -5.33. The van der Waals surface area contributed by atoms with Gasteiger partial charge in [-0.25, -0.2) is 4.21 Å². The Morgan fingerprint density at radius 1 is 0.741 bits per heavy atom. The fraction of sp³-hybridized carbons (Fsp3) is 0. The van der Waals surface area contributed by atoms with Crippen LogP contribution in [0.3, 0.4) is 0 Å². The molecule has 6 aromatic rings. The molecule has 1 atom stereocenters. The third kappa shape index (κ3) is 7.96. The SMILES string of the molecule is O=S(O)c1cc(Nc2nc(F)nc(Nc3ccc(Cl)cc3)n2)c2c(O)c(N=Nc3ccc4c(S(=O)(=O)O)cccc4c3S(=O)(=O)O)c(S(=O)(=O)O)cc2c1. The van der Waals surface area contributed by atoms with Crippen LogP contribution in [0.25, 0.3) is 21.5 Å². The summed E-state index contributed by atoms with van der Waals surface area (Å²) in [6.07, 6.45) is -1.31. The van der Waals surface area contributed by atoms with Crippen molar-refractivity contribution in [2.24, 2.45) is 10.2 Å². The van der Waals surface area contributed by atoms with E-state index in [0.717, 1.165) is 42.5 Å². The van der Waals surface area contributed by atoms with Crippen molar-refractivity contribution in [2.75, 3.05) is 10.6 Å². The van der Waals surface area contributed by atoms with Gasteiger partial charge in [-0.15, -0.1) is 10.2 Å². The fourth-order valence-corrected chi connectivity index (χ4v) is 7.93. The van der Waals surface area contributed by atoms with Gasteiger partial charge >= 0.3 is 6.08 Å². The van der Waals surface area contributed by atoms with Gasteiger partial charge in [0.2, 0.25) is 11.9 Å². The average molecular weight is 840 g/mol. The van der Waals surface area contributed by atoms with Crippen LogP contribution >= 0.6 is 11.6 Å². The van der Waals surface area contributed by atoms with Gasteiger partial charge in [-0.2, -0.15) is 44.6 Å². The maximum Gasteiger partial charge on any atom is 0.315 e. The molecule has 0 saturated carbocycles. The maximum atomic E-state index is 14.6. The number of hydrogen-bond donors (Lipinski definition) is 7. The molecular weight excluding hydrogens is 821 g/mol. The molecule has 19 nitrogen and oxygen atoms in total. The number of azo groups is 1. The Morgan fingerprint density at radius 2 is 1.39 bits per heavy atom. The summed E-state index contributed by atoms with van der Waals surface area (Å²) in [6.45, 7) is 0. The predicted octanol–water partition coefficient (Wildman–Crippen LogP) is 5.90. The Kier molecular flexibility index (Phi) is 10.1. The molecule has 0 spiro atoms. The van der Waals surface area contributed by atoms with Crippen LogP contribution in [-0.4, -0.2) is 67.7 Å². The minimum Gasteiger partial charge on any atom is -0.505 e. The summed E-state index contributed by atoms with van der Waals surface area (Å²) < 4.78 is 140. The number of fused-ring (bicyclic) bond motifs is 2. The van der Waals surface area contributed by atoms with Crippen molar-refractivity contribution in [1.29, 1.82) is 0 Å². The summed E-state index contributed by atoms with van der Waals surface area (Å²) in [4.78, 5) is 7.81. The first kappa shape index (κ1) is 38.4. The lowest BCUT2D eigenvalue weighted by atomic mass is 10.1. The van der Waals surface area contributed by atoms with Crippen molar-refractivity contribution in [1.82, 2.24) is 15.0 Å². The topological polar surface area (TPSA) is 308 Å². The van der Waals surface area contributed by atoms with E-state index in [0.29, 0.717) is 16.8 Å². The second-order valence-electron chi connectivity index (χ2n) is 10.8. The van der Waals surface area contributed by atoms with Gasteiger partial charge in [0.15, 0.2) is 16.8 Å². The molecule has 1 unspecified atom stereocenters. The molecule has 7 N–H and O–H groups in total. The number of rotatable bonds is 10. The Morgan fingerprint density at radius 3 is 2.00 bits per heavy atom. The van der Waals surface area contributed by atoms with Gasteiger partial charge in [0.1, 0.15) is 26.1 Å². The number of anilines is 4. The first-order valence-corrected chi connectivity index (χ1v) is 20.1. The molecule has 1 aromatic heterocycles. The Labute approximate surface area is 310 Å². The van der Waals surface area contributed by atoms with Gasteiger partial charge in [-0.1, -0.05) is 29.8 Å². The van der Waals surface area contributed by atoms with Crippen LogP contribution in [0.2, 0.25) is 5.02 Å². The van der Waals surface area contributed by atoms with Crippen molar-refractivity contribution in [3.8, 4) is 5.75 Å². The van der Waals surface area contributed by atoms with Crippen LogP contribution < -0.4 is 10.6 Å². The molecular formula is C29H19ClFN7O12S4. The zero-order chi connectivity index (χ0) is 39.3. The van der Waals surface area contributed by atoms with E-state index in [-0.39, 0.29) is 22.4 Å². The van der Waals surface area contributed by atoms with E-state index in [2.05, 4.69) is 35.8 Å². The number of halogens is 2. The van der Waals surface area contributed by atoms with E-state index in [9.17, 15) is 57.2 Å². The van der Waals surface area contributed by atoms with Crippen LogP contribution in [0.1, 0.15) is 0 Å². The van der Waals surface area contributed by atoms with Gasteiger partial charge < -0.3 is 20.3 Å². The van der Waals surface area contributed by atoms with Crippen LogP contribution in [0, 0.1) is 6.08 Å². The maximum absolute atomic E-state index is 14.6. The largest absolute Gasteiger partial charge is 0.505 e. The zero-order valence-electron chi connectivity index (χ0n) is 26.1. The molecule has 1 heterocycles. The van der Waals surface area contributed by atoms with Crippen LogP contribution in [0.5, 0.6) is 5.75 Å². The normalized spacial score (nSPS) is 13.1. The first-order chi connectivity index (χ1) is 25.2. The van der Waals surface area contributed by atoms with Crippen molar-refractivity contribution >= 4 is 109 Å². The molecule has 0 aliphatic heterocycles. The Balaban J connectivity index is 1.55. The van der Waals surface area contributed by atoms with Gasteiger partial charge in [0.25, 0.3) is 30.4 Å². The summed E-state index contributed by atoms with van der Waals surface area (Å²) in [5.74, 6) is -1.97. The molecule has 0 aliphatic rings. The number of phenolic OH excluding ortho intramolecular Hbond substituents is 1. The highest BCUT2D eigenvalue weighted by Gasteiger charge is 2.27. The third-order valence-corrected chi connectivity index (χ3v) is 10.9. The Hall–Kier alpha value is -5.31. The van der Waals surface area contributed by atoms with Gasteiger partial charge in [-0.05, 0) is 60.0 Å². The number of aromatic nitrogens is 3. The van der Waals surface area contributed by atoms with E-state index < -0.39 is 101 Å². The van der Waals surface area contributed by atoms with E-state index in [1.807, 2.05) is 0 Å². The molecule has 54 heavy (non-hydrogen) atoms. The highest BCUT2D eigenvalue weighted by Crippen LogP contribution is 2.46. The molecule has 6 rings (SSSR count). The van der Waals surface area contributed by atoms with Crippen LogP contribution in [-0.2, 0) is 41.4 Å². The van der Waals surface area contributed by atoms with Gasteiger partial charge in [-0.3, -0.25) is 13.7 Å². The van der Waals surface area contributed by atoms with E-state index in [1.165, 1.54) is 24.3 Å². The first-order valence-electron chi connectivity index (χ1n) is 14.3. The van der Waals surface area contributed by atoms with Crippen molar-refractivity contribution in [3.63, 3.8) is 0 Å². The quantitative estimate of drug-likeness (QED) is 0.0480. The molecule has 0 aliphatic carbocycles. The second-order valence-corrected chi connectivity index (χ2v) is 16.3. The molecule has 5 aromatic carbocycles. The number of nitrogens with zero attached hydrogens (tertiary/aromatic N) is 5. The number of aromatic hydroxyl groups is 1. The minimum absolute atomic E-state index is 0.322.